The summed E-state index contributed by atoms with van der Waals surface area (Å²) in [6.07, 6.45) is 1.41. The third-order valence-corrected chi connectivity index (χ3v) is 4.55. The lowest BCUT2D eigenvalue weighted by Crippen LogP contribution is -2.44. The summed E-state index contributed by atoms with van der Waals surface area (Å²) in [5, 5.41) is 5.31. The minimum atomic E-state index is -0.349. The normalized spacial score (nSPS) is 11.4. The van der Waals surface area contributed by atoms with Gasteiger partial charge in [0.25, 0.3) is 0 Å². The Bertz CT molecular complexity index is 794. The smallest absolute Gasteiger partial charge is 0.243 e. The maximum absolute atomic E-state index is 13.0. The van der Waals surface area contributed by atoms with Gasteiger partial charge in [-0.1, -0.05) is 62.4 Å². The van der Waals surface area contributed by atoms with E-state index in [0.29, 0.717) is 18.7 Å². The largest absolute Gasteiger partial charge is 0.345 e. The quantitative estimate of drug-likeness (QED) is 0.649. The molecule has 0 unspecified atom stereocenters. The van der Waals surface area contributed by atoms with Crippen LogP contribution in [0.2, 0.25) is 0 Å². The molecule has 0 aliphatic carbocycles. The van der Waals surface area contributed by atoms with E-state index in [9.17, 15) is 14.4 Å². The number of anilines is 1. The lowest BCUT2D eigenvalue weighted by molar-refractivity contribution is -0.137. The molecule has 1 atom stereocenters. The van der Waals surface area contributed by atoms with Crippen LogP contribution >= 0.6 is 0 Å². The van der Waals surface area contributed by atoms with E-state index in [1.807, 2.05) is 62.4 Å². The summed E-state index contributed by atoms with van der Waals surface area (Å²) in [7, 11) is 0. The van der Waals surface area contributed by atoms with Crippen molar-refractivity contribution in [1.29, 1.82) is 0 Å². The van der Waals surface area contributed by atoms with Crippen LogP contribution in [0.15, 0.2) is 60.7 Å². The van der Waals surface area contributed by atoms with Crippen LogP contribution in [0.25, 0.3) is 0 Å². The van der Waals surface area contributed by atoms with E-state index >= 15 is 0 Å². The van der Waals surface area contributed by atoms with Crippen molar-refractivity contribution in [2.75, 3.05) is 25.0 Å². The highest BCUT2D eigenvalue weighted by Crippen LogP contribution is 2.22. The summed E-state index contributed by atoms with van der Waals surface area (Å²) < 4.78 is 0. The third-order valence-electron chi connectivity index (χ3n) is 4.55. The Labute approximate surface area is 172 Å². The molecule has 6 heteroatoms. The molecular formula is C23H29N3O3. The van der Waals surface area contributed by atoms with Crippen molar-refractivity contribution in [1.82, 2.24) is 10.2 Å². The molecule has 2 aromatic rings. The lowest BCUT2D eigenvalue weighted by Gasteiger charge is -2.26. The average molecular weight is 396 g/mol. The monoisotopic (exact) mass is 395 g/mol. The van der Waals surface area contributed by atoms with Gasteiger partial charge in [-0.15, -0.1) is 0 Å². The van der Waals surface area contributed by atoms with Gasteiger partial charge in [0.15, 0.2) is 0 Å². The molecular weight excluding hydrogens is 366 g/mol. The van der Waals surface area contributed by atoms with Gasteiger partial charge in [-0.25, -0.2) is 0 Å². The minimum absolute atomic E-state index is 0.0609. The van der Waals surface area contributed by atoms with E-state index in [2.05, 4.69) is 10.6 Å². The molecule has 2 N–H and O–H groups in total. The van der Waals surface area contributed by atoms with E-state index in [0.717, 1.165) is 12.0 Å². The maximum Gasteiger partial charge on any atom is 0.243 e. The van der Waals surface area contributed by atoms with Crippen molar-refractivity contribution in [2.24, 2.45) is 0 Å². The zero-order valence-corrected chi connectivity index (χ0v) is 17.1. The Hall–Kier alpha value is -3.15. The van der Waals surface area contributed by atoms with Crippen LogP contribution in [-0.4, -0.2) is 42.3 Å². The second-order valence-corrected chi connectivity index (χ2v) is 6.82. The summed E-state index contributed by atoms with van der Waals surface area (Å²) in [5.74, 6) is -1.01. The number of amides is 3. The molecule has 0 saturated carbocycles. The van der Waals surface area contributed by atoms with Crippen molar-refractivity contribution in [3.05, 3.63) is 66.2 Å². The molecule has 0 bridgehead atoms. The molecule has 0 fully saturated rings. The van der Waals surface area contributed by atoms with Crippen LogP contribution in [0.4, 0.5) is 5.69 Å². The molecule has 29 heavy (non-hydrogen) atoms. The number of para-hydroxylation sites is 1. The van der Waals surface area contributed by atoms with E-state index < -0.39 is 0 Å². The summed E-state index contributed by atoms with van der Waals surface area (Å²) >= 11 is 0. The van der Waals surface area contributed by atoms with Crippen LogP contribution in [0.3, 0.4) is 0 Å². The molecule has 0 spiro atoms. The van der Waals surface area contributed by atoms with Crippen molar-refractivity contribution in [3.63, 3.8) is 0 Å². The second-order valence-electron chi connectivity index (χ2n) is 6.82. The Morgan fingerprint density at radius 1 is 0.897 bits per heavy atom. The summed E-state index contributed by atoms with van der Waals surface area (Å²) in [5.41, 5.74) is 1.62. The summed E-state index contributed by atoms with van der Waals surface area (Å²) in [4.78, 5) is 39.0. The Morgan fingerprint density at radius 3 is 2.10 bits per heavy atom. The molecule has 0 heterocycles. The molecule has 0 radical (unpaired) electrons. The van der Waals surface area contributed by atoms with Crippen molar-refractivity contribution in [3.8, 4) is 0 Å². The van der Waals surface area contributed by atoms with Gasteiger partial charge in [0, 0.05) is 12.2 Å². The van der Waals surface area contributed by atoms with Crippen molar-refractivity contribution in [2.45, 2.75) is 32.6 Å². The van der Waals surface area contributed by atoms with E-state index in [4.69, 9.17) is 0 Å². The molecule has 6 nitrogen and oxygen atoms in total. The first-order valence-corrected chi connectivity index (χ1v) is 10.0. The fourth-order valence-corrected chi connectivity index (χ4v) is 3.13. The molecule has 3 amide bonds. The number of carbonyl (C=O) groups is 3. The topological polar surface area (TPSA) is 78.5 Å². The van der Waals surface area contributed by atoms with Gasteiger partial charge in [0.1, 0.15) is 0 Å². The van der Waals surface area contributed by atoms with Crippen LogP contribution in [0.5, 0.6) is 0 Å². The number of benzene rings is 2. The average Bonchev–Trinajstić information content (AvgIpc) is 2.74. The van der Waals surface area contributed by atoms with E-state index in [-0.39, 0.29) is 36.7 Å². The van der Waals surface area contributed by atoms with Crippen LogP contribution in [-0.2, 0) is 14.4 Å². The Kier molecular flexibility index (Phi) is 8.89. The first-order chi connectivity index (χ1) is 14.0. The van der Waals surface area contributed by atoms with Gasteiger partial charge >= 0.3 is 0 Å². The number of carbonyl (C=O) groups excluding carboxylic acids is 3. The first kappa shape index (κ1) is 22.1. The van der Waals surface area contributed by atoms with Crippen molar-refractivity contribution >= 4 is 23.4 Å². The SMILES string of the molecule is CCCN(CC(=O)NCC(=O)Nc1ccccc1)C(=O)[C@@H](CC)c1ccccc1. The molecule has 0 saturated heterocycles. The van der Waals surface area contributed by atoms with Gasteiger partial charge in [-0.3, -0.25) is 14.4 Å². The highest BCUT2D eigenvalue weighted by atomic mass is 16.2. The number of nitrogens with one attached hydrogen (secondary N) is 2. The zero-order chi connectivity index (χ0) is 21.1. The molecule has 2 rings (SSSR count). The highest BCUT2D eigenvalue weighted by Gasteiger charge is 2.25. The van der Waals surface area contributed by atoms with Gasteiger partial charge in [-0.05, 0) is 30.5 Å². The molecule has 2 aromatic carbocycles. The van der Waals surface area contributed by atoms with Crippen LogP contribution in [0, 0.1) is 0 Å². The predicted octanol–water partition coefficient (Wildman–Crippen LogP) is 3.17. The highest BCUT2D eigenvalue weighted by molar-refractivity contribution is 5.95. The fourth-order valence-electron chi connectivity index (χ4n) is 3.13. The van der Waals surface area contributed by atoms with Gasteiger partial charge in [-0.2, -0.15) is 0 Å². The van der Waals surface area contributed by atoms with Crippen LogP contribution < -0.4 is 10.6 Å². The molecule has 154 valence electrons. The molecule has 0 aliphatic heterocycles. The summed E-state index contributed by atoms with van der Waals surface area (Å²) in [6.45, 7) is 4.22. The standard InChI is InChI=1S/C23H29N3O3/c1-3-15-26(23(29)20(4-2)18-11-7-5-8-12-18)17-22(28)24-16-21(27)25-19-13-9-6-10-14-19/h5-14,20H,3-4,15-17H2,1-2H3,(H,24,28)(H,25,27)/t20-/m0/s1. The van der Waals surface area contributed by atoms with E-state index in [1.54, 1.807) is 17.0 Å². The second kappa shape index (κ2) is 11.6. The van der Waals surface area contributed by atoms with Gasteiger partial charge in [0.05, 0.1) is 19.0 Å². The minimum Gasteiger partial charge on any atom is -0.345 e. The molecule has 0 aromatic heterocycles. The van der Waals surface area contributed by atoms with Gasteiger partial charge in [0.2, 0.25) is 17.7 Å². The Morgan fingerprint density at radius 2 is 1.52 bits per heavy atom. The van der Waals surface area contributed by atoms with E-state index in [1.165, 1.54) is 0 Å². The third kappa shape index (κ3) is 7.07. The molecule has 0 aliphatic rings. The number of hydrogen-bond acceptors (Lipinski definition) is 3. The number of hydrogen-bond donors (Lipinski definition) is 2. The van der Waals surface area contributed by atoms with Gasteiger partial charge < -0.3 is 15.5 Å². The Balaban J connectivity index is 1.92. The van der Waals surface area contributed by atoms with Crippen molar-refractivity contribution < 1.29 is 14.4 Å². The maximum atomic E-state index is 13.0. The zero-order valence-electron chi connectivity index (χ0n) is 17.1. The fraction of sp³-hybridized carbons (Fsp3) is 0.348. The summed E-state index contributed by atoms with van der Waals surface area (Å²) in [6, 6.07) is 18.6. The predicted molar refractivity (Wildman–Crippen MR) is 114 cm³/mol. The number of rotatable bonds is 10. The first-order valence-electron chi connectivity index (χ1n) is 10.0. The number of nitrogens with zero attached hydrogens (tertiary/aromatic N) is 1. The lowest BCUT2D eigenvalue weighted by atomic mass is 9.95. The van der Waals surface area contributed by atoms with Crippen LogP contribution in [0.1, 0.15) is 38.2 Å².